The Balaban J connectivity index is 2.72. The van der Waals surface area contributed by atoms with Gasteiger partial charge in [-0.05, 0) is 34.3 Å². The van der Waals surface area contributed by atoms with Crippen molar-refractivity contribution in [1.29, 1.82) is 0 Å². The molecule has 2 aromatic rings. The van der Waals surface area contributed by atoms with E-state index in [9.17, 15) is 0 Å². The summed E-state index contributed by atoms with van der Waals surface area (Å²) in [5.74, 6) is 0. The summed E-state index contributed by atoms with van der Waals surface area (Å²) in [6, 6.07) is 8.26. The first-order valence-corrected chi connectivity index (χ1v) is 5.91. The summed E-state index contributed by atoms with van der Waals surface area (Å²) in [5.41, 5.74) is 1.03. The van der Waals surface area contributed by atoms with Crippen molar-refractivity contribution in [3.63, 3.8) is 0 Å². The van der Waals surface area contributed by atoms with E-state index in [0.29, 0.717) is 0 Å². The minimum absolute atomic E-state index is 1.03. The van der Waals surface area contributed by atoms with Gasteiger partial charge in [0.05, 0.1) is 5.52 Å². The minimum Gasteiger partial charge on any atom is -0.254 e. The highest BCUT2D eigenvalue weighted by molar-refractivity contribution is 9.10. The Morgan fingerprint density at radius 2 is 2.23 bits per heavy atom. The highest BCUT2D eigenvalue weighted by Crippen LogP contribution is 2.24. The maximum atomic E-state index is 4.38. The Morgan fingerprint density at radius 3 is 3.00 bits per heavy atom. The van der Waals surface area contributed by atoms with Crippen LogP contribution in [0.1, 0.15) is 0 Å². The van der Waals surface area contributed by atoms with E-state index in [2.05, 4.69) is 39.3 Å². The number of para-hydroxylation sites is 1. The monoisotopic (exact) mass is 253 g/mol. The summed E-state index contributed by atoms with van der Waals surface area (Å²) < 4.78 is 1.05. The molecule has 1 heterocycles. The van der Waals surface area contributed by atoms with Gasteiger partial charge >= 0.3 is 0 Å². The second-order valence-corrected chi connectivity index (χ2v) is 4.42. The minimum atomic E-state index is 1.03. The average molecular weight is 254 g/mol. The van der Waals surface area contributed by atoms with Gasteiger partial charge in [-0.1, -0.05) is 12.1 Å². The van der Waals surface area contributed by atoms with Gasteiger partial charge in [0.2, 0.25) is 0 Å². The molecule has 0 atom stereocenters. The SMILES string of the molecule is CSc1cnc2c(Br)cccc2c1. The van der Waals surface area contributed by atoms with E-state index in [-0.39, 0.29) is 0 Å². The van der Waals surface area contributed by atoms with Gasteiger partial charge in [0.25, 0.3) is 0 Å². The number of pyridine rings is 1. The van der Waals surface area contributed by atoms with Crippen molar-refractivity contribution in [3.05, 3.63) is 34.9 Å². The van der Waals surface area contributed by atoms with Crippen LogP contribution in [0.2, 0.25) is 0 Å². The van der Waals surface area contributed by atoms with Gasteiger partial charge in [-0.25, -0.2) is 0 Å². The predicted octanol–water partition coefficient (Wildman–Crippen LogP) is 3.72. The van der Waals surface area contributed by atoms with Gasteiger partial charge in [0, 0.05) is 21.0 Å². The van der Waals surface area contributed by atoms with Crippen LogP contribution in [0, 0.1) is 0 Å². The first-order chi connectivity index (χ1) is 6.31. The van der Waals surface area contributed by atoms with E-state index in [0.717, 1.165) is 9.99 Å². The number of fused-ring (bicyclic) bond motifs is 1. The Labute approximate surface area is 89.7 Å². The number of rotatable bonds is 1. The topological polar surface area (TPSA) is 12.9 Å². The van der Waals surface area contributed by atoms with Crippen molar-refractivity contribution < 1.29 is 0 Å². The number of aromatic nitrogens is 1. The molecule has 2 rings (SSSR count). The number of hydrogen-bond donors (Lipinski definition) is 0. The molecule has 0 saturated carbocycles. The van der Waals surface area contributed by atoms with Crippen LogP contribution in [-0.2, 0) is 0 Å². The van der Waals surface area contributed by atoms with Crippen molar-refractivity contribution in [1.82, 2.24) is 4.98 Å². The van der Waals surface area contributed by atoms with Gasteiger partial charge in [0.15, 0.2) is 0 Å². The Morgan fingerprint density at radius 1 is 1.38 bits per heavy atom. The van der Waals surface area contributed by atoms with Gasteiger partial charge in [0.1, 0.15) is 0 Å². The predicted molar refractivity (Wildman–Crippen MR) is 61.2 cm³/mol. The first kappa shape index (κ1) is 9.03. The molecule has 0 unspecified atom stereocenters. The summed E-state index contributed by atoms with van der Waals surface area (Å²) in [4.78, 5) is 5.58. The van der Waals surface area contributed by atoms with Crippen LogP contribution >= 0.6 is 27.7 Å². The van der Waals surface area contributed by atoms with Crippen molar-refractivity contribution in [2.45, 2.75) is 4.90 Å². The van der Waals surface area contributed by atoms with Crippen LogP contribution in [0.25, 0.3) is 10.9 Å². The van der Waals surface area contributed by atoms with Crippen molar-refractivity contribution in [2.75, 3.05) is 6.26 Å². The zero-order valence-corrected chi connectivity index (χ0v) is 9.52. The highest BCUT2D eigenvalue weighted by Gasteiger charge is 1.99. The zero-order chi connectivity index (χ0) is 9.26. The molecule has 0 aliphatic carbocycles. The fraction of sp³-hybridized carbons (Fsp3) is 0.100. The molecule has 0 amide bonds. The quantitative estimate of drug-likeness (QED) is 0.719. The van der Waals surface area contributed by atoms with Gasteiger partial charge in [-0.3, -0.25) is 4.98 Å². The normalized spacial score (nSPS) is 10.6. The van der Waals surface area contributed by atoms with E-state index < -0.39 is 0 Å². The molecule has 13 heavy (non-hydrogen) atoms. The molecular weight excluding hydrogens is 246 g/mol. The maximum Gasteiger partial charge on any atom is 0.0844 e. The van der Waals surface area contributed by atoms with Crippen LogP contribution in [0.4, 0.5) is 0 Å². The molecule has 3 heteroatoms. The number of thioether (sulfide) groups is 1. The molecule has 0 saturated heterocycles. The lowest BCUT2D eigenvalue weighted by molar-refractivity contribution is 1.30. The lowest BCUT2D eigenvalue weighted by Gasteiger charge is -2.01. The lowest BCUT2D eigenvalue weighted by atomic mass is 10.2. The van der Waals surface area contributed by atoms with Crippen molar-refractivity contribution in [3.8, 4) is 0 Å². The fourth-order valence-electron chi connectivity index (χ4n) is 1.22. The zero-order valence-electron chi connectivity index (χ0n) is 7.12. The molecule has 0 bridgehead atoms. The van der Waals surface area contributed by atoms with Gasteiger partial charge < -0.3 is 0 Å². The summed E-state index contributed by atoms with van der Waals surface area (Å²) in [5, 5.41) is 1.18. The van der Waals surface area contributed by atoms with E-state index >= 15 is 0 Å². The van der Waals surface area contributed by atoms with Crippen LogP contribution in [0.15, 0.2) is 39.8 Å². The molecule has 66 valence electrons. The number of benzene rings is 1. The molecular formula is C10H8BrNS. The summed E-state index contributed by atoms with van der Waals surface area (Å²) in [6.45, 7) is 0. The average Bonchev–Trinajstić information content (AvgIpc) is 2.18. The molecule has 1 aromatic carbocycles. The molecule has 0 aliphatic heterocycles. The second kappa shape index (κ2) is 3.68. The number of halogens is 1. The van der Waals surface area contributed by atoms with Crippen LogP contribution in [-0.4, -0.2) is 11.2 Å². The van der Waals surface area contributed by atoms with Crippen LogP contribution in [0.5, 0.6) is 0 Å². The van der Waals surface area contributed by atoms with E-state index in [1.165, 1.54) is 10.3 Å². The second-order valence-electron chi connectivity index (χ2n) is 2.69. The van der Waals surface area contributed by atoms with Gasteiger partial charge in [-0.2, -0.15) is 0 Å². The van der Waals surface area contributed by atoms with Crippen molar-refractivity contribution >= 4 is 38.6 Å². The Bertz CT molecular complexity index is 442. The Kier molecular flexibility index (Phi) is 2.56. The van der Waals surface area contributed by atoms with E-state index in [1.807, 2.05) is 18.3 Å². The smallest absolute Gasteiger partial charge is 0.0844 e. The van der Waals surface area contributed by atoms with Crippen LogP contribution < -0.4 is 0 Å². The molecule has 0 N–H and O–H groups in total. The van der Waals surface area contributed by atoms with E-state index in [4.69, 9.17) is 0 Å². The molecule has 0 radical (unpaired) electrons. The number of nitrogens with zero attached hydrogens (tertiary/aromatic N) is 1. The highest BCUT2D eigenvalue weighted by atomic mass is 79.9. The van der Waals surface area contributed by atoms with Crippen LogP contribution in [0.3, 0.4) is 0 Å². The standard InChI is InChI=1S/C10H8BrNS/c1-13-8-5-7-3-2-4-9(11)10(7)12-6-8/h2-6H,1H3. The van der Waals surface area contributed by atoms with E-state index in [1.54, 1.807) is 11.8 Å². The maximum absolute atomic E-state index is 4.38. The summed E-state index contributed by atoms with van der Waals surface area (Å²) >= 11 is 5.19. The van der Waals surface area contributed by atoms with Gasteiger partial charge in [-0.15, -0.1) is 11.8 Å². The summed E-state index contributed by atoms with van der Waals surface area (Å²) in [6.07, 6.45) is 3.96. The molecule has 1 aromatic heterocycles. The largest absolute Gasteiger partial charge is 0.254 e. The third-order valence-corrected chi connectivity index (χ3v) is 3.21. The first-order valence-electron chi connectivity index (χ1n) is 3.89. The molecule has 0 spiro atoms. The summed E-state index contributed by atoms with van der Waals surface area (Å²) in [7, 11) is 0. The van der Waals surface area contributed by atoms with Crippen molar-refractivity contribution in [2.24, 2.45) is 0 Å². The Hall–Kier alpha value is -0.540. The number of hydrogen-bond acceptors (Lipinski definition) is 2. The molecule has 1 nitrogen and oxygen atoms in total. The molecule has 0 aliphatic rings. The third kappa shape index (κ3) is 1.71. The lowest BCUT2D eigenvalue weighted by Crippen LogP contribution is -1.80. The third-order valence-electron chi connectivity index (χ3n) is 1.87. The fourth-order valence-corrected chi connectivity index (χ4v) is 2.10. The molecule has 0 fully saturated rings.